The first-order chi connectivity index (χ1) is 12.2. The van der Waals surface area contributed by atoms with E-state index in [0.29, 0.717) is 0 Å². The Bertz CT molecular complexity index is 648. The van der Waals surface area contributed by atoms with Gasteiger partial charge in [-0.15, -0.1) is 0 Å². The van der Waals surface area contributed by atoms with E-state index in [-0.39, 0.29) is 18.2 Å². The highest BCUT2D eigenvalue weighted by atomic mass is 16.6. The molecule has 2 aliphatic heterocycles. The fourth-order valence-corrected chi connectivity index (χ4v) is 3.51. The van der Waals surface area contributed by atoms with Crippen molar-refractivity contribution in [1.82, 2.24) is 4.90 Å². The molecular weight excluding hydrogens is 330 g/mol. The molecule has 0 bridgehead atoms. The largest absolute Gasteiger partial charge is 0.485 e. The number of anilines is 2. The predicted molar refractivity (Wildman–Crippen MR) is 104 cm³/mol. The van der Waals surface area contributed by atoms with Gasteiger partial charge in [0.05, 0.1) is 17.9 Å². The number of amides is 1. The van der Waals surface area contributed by atoms with Gasteiger partial charge >= 0.3 is 6.09 Å². The van der Waals surface area contributed by atoms with Crippen molar-refractivity contribution in [3.63, 3.8) is 0 Å². The van der Waals surface area contributed by atoms with Crippen molar-refractivity contribution in [3.8, 4) is 5.75 Å². The maximum atomic E-state index is 12.3. The molecule has 144 valence electrons. The van der Waals surface area contributed by atoms with E-state index in [1.54, 1.807) is 4.90 Å². The number of nitrogens with one attached hydrogen (secondary N) is 1. The van der Waals surface area contributed by atoms with Crippen LogP contribution in [0.25, 0.3) is 0 Å². The minimum absolute atomic E-state index is 0.166. The molecule has 6 heteroatoms. The molecule has 0 aromatic heterocycles. The van der Waals surface area contributed by atoms with Crippen LogP contribution in [0.15, 0.2) is 18.2 Å². The fourth-order valence-electron chi connectivity index (χ4n) is 3.51. The number of hydrogen-bond acceptors (Lipinski definition) is 5. The monoisotopic (exact) mass is 361 g/mol. The third kappa shape index (κ3) is 4.17. The van der Waals surface area contributed by atoms with Gasteiger partial charge in [-0.3, -0.25) is 0 Å². The molecule has 1 saturated heterocycles. The molecule has 1 atom stereocenters. The first-order valence-corrected chi connectivity index (χ1v) is 9.49. The molecule has 1 N–H and O–H groups in total. The summed E-state index contributed by atoms with van der Waals surface area (Å²) in [4.78, 5) is 16.4. The zero-order chi connectivity index (χ0) is 18.9. The number of benzene rings is 1. The Hall–Kier alpha value is -2.11. The topological polar surface area (TPSA) is 54.0 Å². The summed E-state index contributed by atoms with van der Waals surface area (Å²) >= 11 is 0. The molecular formula is C20H31N3O3. The van der Waals surface area contributed by atoms with Crippen LogP contribution in [0, 0.1) is 0 Å². The number of fused-ring (bicyclic) bond motifs is 1. The predicted octanol–water partition coefficient (Wildman–Crippen LogP) is 3.72. The molecule has 1 aromatic carbocycles. The average molecular weight is 361 g/mol. The zero-order valence-electron chi connectivity index (χ0n) is 16.5. The Morgan fingerprint density at radius 1 is 1.31 bits per heavy atom. The van der Waals surface area contributed by atoms with E-state index < -0.39 is 5.60 Å². The van der Waals surface area contributed by atoms with Crippen LogP contribution in [0.5, 0.6) is 5.75 Å². The highest BCUT2D eigenvalue weighted by Gasteiger charge is 2.30. The van der Waals surface area contributed by atoms with Crippen LogP contribution in [-0.4, -0.2) is 55.4 Å². The molecule has 2 heterocycles. The van der Waals surface area contributed by atoms with Crippen LogP contribution < -0.4 is 15.0 Å². The Morgan fingerprint density at radius 3 is 2.65 bits per heavy atom. The smallest absolute Gasteiger partial charge is 0.410 e. The molecule has 0 aliphatic carbocycles. The van der Waals surface area contributed by atoms with Gasteiger partial charge in [0.15, 0.2) is 5.75 Å². The van der Waals surface area contributed by atoms with E-state index in [2.05, 4.69) is 35.3 Å². The van der Waals surface area contributed by atoms with Gasteiger partial charge in [-0.05, 0) is 52.7 Å². The quantitative estimate of drug-likeness (QED) is 0.870. The fraction of sp³-hybridized carbons (Fsp3) is 0.650. The van der Waals surface area contributed by atoms with Crippen LogP contribution in [-0.2, 0) is 4.74 Å². The van der Waals surface area contributed by atoms with Crippen molar-refractivity contribution < 1.29 is 14.3 Å². The van der Waals surface area contributed by atoms with Crippen molar-refractivity contribution in [3.05, 3.63) is 18.2 Å². The number of para-hydroxylation sites is 1. The first kappa shape index (κ1) is 18.7. The molecule has 2 aliphatic rings. The second kappa shape index (κ2) is 7.25. The third-order valence-electron chi connectivity index (χ3n) is 4.93. The number of ether oxygens (including phenoxy) is 2. The van der Waals surface area contributed by atoms with Gasteiger partial charge in [-0.2, -0.15) is 0 Å². The maximum Gasteiger partial charge on any atom is 0.410 e. The summed E-state index contributed by atoms with van der Waals surface area (Å²) in [5, 5.41) is 3.43. The number of carbonyl (C=O) groups is 1. The summed E-state index contributed by atoms with van der Waals surface area (Å²) in [5.74, 6) is 0.949. The first-order valence-electron chi connectivity index (χ1n) is 9.49. The summed E-state index contributed by atoms with van der Waals surface area (Å²) in [6.07, 6.45) is 1.76. The van der Waals surface area contributed by atoms with E-state index in [9.17, 15) is 4.79 Å². The molecule has 6 nitrogen and oxygen atoms in total. The van der Waals surface area contributed by atoms with Crippen molar-refractivity contribution in [2.45, 2.75) is 58.3 Å². The summed E-state index contributed by atoms with van der Waals surface area (Å²) in [6.45, 7) is 10.4. The van der Waals surface area contributed by atoms with Gasteiger partial charge in [-0.1, -0.05) is 6.07 Å². The van der Waals surface area contributed by atoms with Crippen molar-refractivity contribution in [2.24, 2.45) is 0 Å². The lowest BCUT2D eigenvalue weighted by Crippen LogP contribution is -2.47. The summed E-state index contributed by atoms with van der Waals surface area (Å²) in [5.41, 5.74) is 1.74. The molecule has 0 unspecified atom stereocenters. The molecule has 26 heavy (non-hydrogen) atoms. The molecule has 0 radical (unpaired) electrons. The van der Waals surface area contributed by atoms with Crippen LogP contribution in [0.2, 0.25) is 0 Å². The normalized spacial score (nSPS) is 20.7. The second-order valence-corrected chi connectivity index (χ2v) is 8.27. The lowest BCUT2D eigenvalue weighted by atomic mass is 10.0. The minimum atomic E-state index is -0.462. The van der Waals surface area contributed by atoms with Crippen molar-refractivity contribution in [2.75, 3.05) is 36.9 Å². The van der Waals surface area contributed by atoms with E-state index in [0.717, 1.165) is 49.6 Å². The van der Waals surface area contributed by atoms with Gasteiger partial charge in [0.2, 0.25) is 0 Å². The van der Waals surface area contributed by atoms with Crippen LogP contribution in [0.1, 0.15) is 40.5 Å². The van der Waals surface area contributed by atoms with Gasteiger partial charge in [-0.25, -0.2) is 4.79 Å². The Morgan fingerprint density at radius 2 is 2.00 bits per heavy atom. The highest BCUT2D eigenvalue weighted by molar-refractivity contribution is 5.73. The number of rotatable bonds is 2. The van der Waals surface area contributed by atoms with Crippen LogP contribution >= 0.6 is 0 Å². The lowest BCUT2D eigenvalue weighted by molar-refractivity contribution is 0.0200. The van der Waals surface area contributed by atoms with Gasteiger partial charge < -0.3 is 24.6 Å². The number of nitrogens with zero attached hydrogens (tertiary/aromatic N) is 2. The Labute approximate surface area is 156 Å². The number of hydrogen-bond donors (Lipinski definition) is 1. The van der Waals surface area contributed by atoms with E-state index in [1.165, 1.54) is 0 Å². The molecule has 3 rings (SSSR count). The third-order valence-corrected chi connectivity index (χ3v) is 4.93. The minimum Gasteiger partial charge on any atom is -0.485 e. The highest BCUT2D eigenvalue weighted by Crippen LogP contribution is 2.40. The van der Waals surface area contributed by atoms with Crippen LogP contribution in [0.4, 0.5) is 16.2 Å². The van der Waals surface area contributed by atoms with E-state index in [4.69, 9.17) is 9.47 Å². The average Bonchev–Trinajstić information content (AvgIpc) is 2.59. The second-order valence-electron chi connectivity index (χ2n) is 8.27. The summed E-state index contributed by atoms with van der Waals surface area (Å²) < 4.78 is 11.6. The van der Waals surface area contributed by atoms with Crippen molar-refractivity contribution in [1.29, 1.82) is 0 Å². The summed E-state index contributed by atoms with van der Waals surface area (Å²) in [6, 6.07) is 6.46. The maximum absolute atomic E-state index is 12.3. The van der Waals surface area contributed by atoms with Gasteiger partial charge in [0.25, 0.3) is 0 Å². The Balaban J connectivity index is 1.63. The SMILES string of the molecule is C[C@@H]1CNc2cccc(N3CCC(N(C)C(=O)OC(C)(C)C)CC3)c2O1. The van der Waals surface area contributed by atoms with E-state index in [1.807, 2.05) is 27.8 Å². The standard InChI is InChI=1S/C20H31N3O3/c1-14-13-21-16-7-6-8-17(18(16)25-14)23-11-9-15(10-12-23)22(5)19(24)26-20(2,3)4/h6-8,14-15,21H,9-13H2,1-5H3/t14-/m1/s1. The number of piperidine rings is 1. The molecule has 1 fully saturated rings. The van der Waals surface area contributed by atoms with Gasteiger partial charge in [0.1, 0.15) is 11.7 Å². The number of carbonyl (C=O) groups excluding carboxylic acids is 1. The van der Waals surface area contributed by atoms with E-state index >= 15 is 0 Å². The molecule has 0 saturated carbocycles. The zero-order valence-corrected chi connectivity index (χ0v) is 16.5. The molecule has 1 aromatic rings. The van der Waals surface area contributed by atoms with Gasteiger partial charge in [0, 0.05) is 26.2 Å². The van der Waals surface area contributed by atoms with Crippen LogP contribution in [0.3, 0.4) is 0 Å². The molecule has 1 amide bonds. The molecule has 0 spiro atoms. The Kier molecular flexibility index (Phi) is 5.21. The summed E-state index contributed by atoms with van der Waals surface area (Å²) in [7, 11) is 1.84. The van der Waals surface area contributed by atoms with Crippen molar-refractivity contribution >= 4 is 17.5 Å². The lowest BCUT2D eigenvalue weighted by Gasteiger charge is -2.39.